The monoisotopic (exact) mass is 556 g/mol. The normalized spacial score (nSPS) is 16.7. The van der Waals surface area contributed by atoms with Crippen LogP contribution < -0.4 is 10.5 Å². The zero-order chi connectivity index (χ0) is 26.7. The van der Waals surface area contributed by atoms with Crippen molar-refractivity contribution in [3.63, 3.8) is 0 Å². The number of carbonyl (C=O) groups excluding carboxylic acids is 1. The summed E-state index contributed by atoms with van der Waals surface area (Å²) in [6.45, 7) is 1.41. The molecule has 0 unspecified atom stereocenters. The number of ether oxygens (including phenoxy) is 1. The Balaban J connectivity index is 1.36. The molecule has 13 heteroatoms. The number of carbonyl (C=O) groups is 1. The largest absolute Gasteiger partial charge is 0.365 e. The fourth-order valence-electron chi connectivity index (χ4n) is 5.15. The minimum absolute atomic E-state index is 0.0594. The Morgan fingerprint density at radius 1 is 1.16 bits per heavy atom. The number of nitrogens with zero attached hydrogens (tertiary/aromatic N) is 4. The number of fused-ring (bicyclic) bond motifs is 3. The Labute approximate surface area is 222 Å². The van der Waals surface area contributed by atoms with Gasteiger partial charge in [-0.25, -0.2) is 22.9 Å². The molecule has 38 heavy (non-hydrogen) atoms. The maximum absolute atomic E-state index is 13.8. The number of sulfonamides is 1. The van der Waals surface area contributed by atoms with E-state index in [1.54, 1.807) is 4.90 Å². The molecule has 2 aromatic carbocycles. The number of primary sulfonamides is 1. The van der Waals surface area contributed by atoms with Gasteiger partial charge in [0.15, 0.2) is 5.65 Å². The summed E-state index contributed by atoms with van der Waals surface area (Å²) in [5.74, 6) is -0.759. The van der Waals surface area contributed by atoms with E-state index in [0.717, 1.165) is 23.4 Å². The van der Waals surface area contributed by atoms with Gasteiger partial charge in [-0.05, 0) is 42.2 Å². The van der Waals surface area contributed by atoms with E-state index in [1.165, 1.54) is 22.8 Å². The molecule has 1 saturated heterocycles. The van der Waals surface area contributed by atoms with Gasteiger partial charge in [0.1, 0.15) is 22.1 Å². The summed E-state index contributed by atoms with van der Waals surface area (Å²) in [5, 5.41) is 12.5. The molecule has 0 radical (unpaired) electrons. The molecule has 3 N–H and O–H groups in total. The lowest BCUT2D eigenvalue weighted by atomic mass is 9.83. The summed E-state index contributed by atoms with van der Waals surface area (Å²) >= 11 is 6.23. The topological polar surface area (TPSA) is 132 Å². The van der Waals surface area contributed by atoms with Gasteiger partial charge in [0.25, 0.3) is 5.91 Å². The van der Waals surface area contributed by atoms with Crippen molar-refractivity contribution in [3.8, 4) is 0 Å². The quantitative estimate of drug-likeness (QED) is 0.393. The van der Waals surface area contributed by atoms with Gasteiger partial charge in [-0.2, -0.15) is 9.61 Å². The molecule has 0 saturated carbocycles. The third kappa shape index (κ3) is 4.09. The van der Waals surface area contributed by atoms with Crippen molar-refractivity contribution in [2.24, 2.45) is 5.14 Å². The predicted molar refractivity (Wildman–Crippen MR) is 137 cm³/mol. The van der Waals surface area contributed by atoms with Gasteiger partial charge in [-0.3, -0.25) is 4.79 Å². The van der Waals surface area contributed by atoms with Gasteiger partial charge >= 0.3 is 0 Å². The molecule has 0 aliphatic carbocycles. The van der Waals surface area contributed by atoms with E-state index in [1.807, 2.05) is 12.1 Å². The second-order valence-corrected chi connectivity index (χ2v) is 11.2. The Hall–Kier alpha value is -3.58. The number of halogens is 2. The predicted octanol–water partition coefficient (Wildman–Crippen LogP) is 3.57. The van der Waals surface area contributed by atoms with Crippen LogP contribution in [0.1, 0.15) is 34.3 Å². The molecule has 0 bridgehead atoms. The summed E-state index contributed by atoms with van der Waals surface area (Å²) in [7, 11) is -4.14. The number of aromatic nitrogens is 3. The van der Waals surface area contributed by atoms with Crippen LogP contribution in [0.3, 0.4) is 0 Å². The van der Waals surface area contributed by atoms with Crippen molar-refractivity contribution in [2.75, 3.05) is 18.4 Å². The number of hydrogen-bond acceptors (Lipinski definition) is 7. The first-order valence-corrected chi connectivity index (χ1v) is 13.7. The highest BCUT2D eigenvalue weighted by Gasteiger charge is 2.43. The molecule has 6 rings (SSSR count). The fraction of sp³-hybridized carbons (Fsp3) is 0.240. The first-order valence-electron chi connectivity index (χ1n) is 11.8. The van der Waals surface area contributed by atoms with Crippen LogP contribution in [-0.2, 0) is 27.0 Å². The minimum Gasteiger partial charge on any atom is -0.365 e. The number of amides is 1. The first-order chi connectivity index (χ1) is 18.2. The Morgan fingerprint density at radius 2 is 1.92 bits per heavy atom. The highest BCUT2D eigenvalue weighted by molar-refractivity contribution is 7.89. The summed E-state index contributed by atoms with van der Waals surface area (Å²) in [6.07, 6.45) is 3.58. The summed E-state index contributed by atoms with van der Waals surface area (Å²) < 4.78 is 45.2. The van der Waals surface area contributed by atoms with Crippen molar-refractivity contribution in [3.05, 3.63) is 82.4 Å². The number of nitrogens with two attached hydrogens (primary N) is 1. The molecule has 0 atom stereocenters. The van der Waals surface area contributed by atoms with Crippen LogP contribution in [0.2, 0.25) is 5.02 Å². The molecule has 1 amide bonds. The SMILES string of the molecule is NS(=O)(=O)c1cnn2c(Nc3ccc(F)cc3Cl)c(C(=O)N3CCC4(CC3)OCc3ccccc34)cnc12. The molecular formula is C25H22ClFN6O4S. The Bertz CT molecular complexity index is 1700. The Kier molecular flexibility index (Phi) is 5.87. The van der Waals surface area contributed by atoms with E-state index in [9.17, 15) is 17.6 Å². The van der Waals surface area contributed by atoms with Gasteiger partial charge in [0, 0.05) is 19.3 Å². The molecule has 2 aliphatic rings. The zero-order valence-corrected chi connectivity index (χ0v) is 21.5. The maximum atomic E-state index is 13.8. The standard InChI is InChI=1S/C25H22ClFN6O4S/c26-19-11-16(27)5-6-20(19)31-22-17(12-29-23-21(38(28,35)36)13-30-33(22)23)24(34)32-9-7-25(8-10-32)18-4-2-1-3-15(18)14-37-25/h1-6,11-13,31H,7-10,14H2,(H2,28,35,36). The third-order valence-electron chi connectivity index (χ3n) is 7.09. The first kappa shape index (κ1) is 24.7. The van der Waals surface area contributed by atoms with Gasteiger partial charge in [0.2, 0.25) is 10.0 Å². The van der Waals surface area contributed by atoms with E-state index in [0.29, 0.717) is 32.5 Å². The second-order valence-electron chi connectivity index (χ2n) is 9.29. The summed E-state index contributed by atoms with van der Waals surface area (Å²) in [5.41, 5.74) is 2.24. The van der Waals surface area contributed by atoms with Gasteiger partial charge in [-0.15, -0.1) is 0 Å². The molecule has 196 valence electrons. The van der Waals surface area contributed by atoms with Crippen LogP contribution in [0.25, 0.3) is 5.65 Å². The number of likely N-dealkylation sites (tertiary alicyclic amines) is 1. The Morgan fingerprint density at radius 3 is 2.66 bits per heavy atom. The maximum Gasteiger partial charge on any atom is 0.259 e. The van der Waals surface area contributed by atoms with Crippen LogP contribution in [0, 0.1) is 5.82 Å². The fourth-order valence-corrected chi connectivity index (χ4v) is 5.95. The number of hydrogen-bond donors (Lipinski definition) is 2. The number of piperidine rings is 1. The average Bonchev–Trinajstić information content (AvgIpc) is 3.49. The van der Waals surface area contributed by atoms with Crippen LogP contribution in [0.15, 0.2) is 59.8 Å². The lowest BCUT2D eigenvalue weighted by Crippen LogP contribution is -2.45. The van der Waals surface area contributed by atoms with Gasteiger partial charge < -0.3 is 15.0 Å². The molecule has 1 fully saturated rings. The molecule has 1 spiro atoms. The molecule has 2 aromatic heterocycles. The average molecular weight is 557 g/mol. The van der Waals surface area contributed by atoms with E-state index in [4.69, 9.17) is 21.5 Å². The summed E-state index contributed by atoms with van der Waals surface area (Å²) in [4.78, 5) is 19.4. The van der Waals surface area contributed by atoms with E-state index in [2.05, 4.69) is 27.5 Å². The number of benzene rings is 2. The number of anilines is 2. The van der Waals surface area contributed by atoms with Crippen LogP contribution in [-0.4, -0.2) is 46.9 Å². The van der Waals surface area contributed by atoms with Crippen molar-refractivity contribution < 1.29 is 22.3 Å². The zero-order valence-electron chi connectivity index (χ0n) is 19.9. The van der Waals surface area contributed by atoms with Crippen LogP contribution >= 0.6 is 11.6 Å². The van der Waals surface area contributed by atoms with Crippen molar-refractivity contribution in [2.45, 2.75) is 29.9 Å². The smallest absolute Gasteiger partial charge is 0.259 e. The second kappa shape index (κ2) is 9.02. The highest BCUT2D eigenvalue weighted by Crippen LogP contribution is 2.44. The number of nitrogens with one attached hydrogen (secondary N) is 1. The van der Waals surface area contributed by atoms with E-state index in [-0.39, 0.29) is 38.5 Å². The van der Waals surface area contributed by atoms with Crippen molar-refractivity contribution in [1.82, 2.24) is 19.5 Å². The van der Waals surface area contributed by atoms with Gasteiger partial charge in [-0.1, -0.05) is 35.9 Å². The third-order valence-corrected chi connectivity index (χ3v) is 8.30. The lowest BCUT2D eigenvalue weighted by molar-refractivity contribution is -0.0741. The summed E-state index contributed by atoms with van der Waals surface area (Å²) in [6, 6.07) is 11.8. The lowest BCUT2D eigenvalue weighted by Gasteiger charge is -2.39. The molecule has 4 aromatic rings. The van der Waals surface area contributed by atoms with Crippen LogP contribution in [0.5, 0.6) is 0 Å². The molecule has 10 nitrogen and oxygen atoms in total. The van der Waals surface area contributed by atoms with E-state index >= 15 is 0 Å². The minimum atomic E-state index is -4.14. The number of rotatable bonds is 4. The van der Waals surface area contributed by atoms with Crippen molar-refractivity contribution >= 4 is 44.7 Å². The van der Waals surface area contributed by atoms with Gasteiger partial charge in [0.05, 0.1) is 29.1 Å². The van der Waals surface area contributed by atoms with Crippen molar-refractivity contribution in [1.29, 1.82) is 0 Å². The molecular weight excluding hydrogens is 535 g/mol. The molecule has 2 aliphatic heterocycles. The highest BCUT2D eigenvalue weighted by atomic mass is 35.5. The van der Waals surface area contributed by atoms with E-state index < -0.39 is 21.4 Å². The molecule has 4 heterocycles. The van der Waals surface area contributed by atoms with Crippen LogP contribution in [0.4, 0.5) is 15.9 Å².